The first-order chi connectivity index (χ1) is 16.3. The van der Waals surface area contributed by atoms with Gasteiger partial charge in [0, 0.05) is 29.1 Å². The van der Waals surface area contributed by atoms with Crippen molar-refractivity contribution in [3.8, 4) is 22.8 Å². The monoisotopic (exact) mass is 428 g/mol. The third kappa shape index (κ3) is 2.29. The van der Waals surface area contributed by atoms with Gasteiger partial charge in [0.2, 0.25) is 0 Å². The number of para-hydroxylation sites is 1. The van der Waals surface area contributed by atoms with Crippen LogP contribution in [0.4, 0.5) is 0 Å². The molecule has 3 aliphatic rings. The second-order valence-electron chi connectivity index (χ2n) is 8.58. The van der Waals surface area contributed by atoms with E-state index in [1.54, 1.807) is 7.11 Å². The van der Waals surface area contributed by atoms with E-state index in [2.05, 4.69) is 100 Å². The zero-order chi connectivity index (χ0) is 22.0. The maximum Gasteiger partial charge on any atom is 0.597 e. The van der Waals surface area contributed by atoms with Crippen molar-refractivity contribution in [2.24, 2.45) is 0 Å². The first-order valence-corrected chi connectivity index (χ1v) is 11.2. The van der Waals surface area contributed by atoms with Gasteiger partial charge < -0.3 is 18.4 Å². The van der Waals surface area contributed by atoms with Crippen molar-refractivity contribution in [1.82, 2.24) is 4.48 Å². The predicted molar refractivity (Wildman–Crippen MR) is 132 cm³/mol. The van der Waals surface area contributed by atoms with E-state index in [1.165, 1.54) is 11.1 Å². The first-order valence-electron chi connectivity index (χ1n) is 11.2. The van der Waals surface area contributed by atoms with E-state index in [0.717, 1.165) is 39.6 Å². The first kappa shape index (κ1) is 18.3. The van der Waals surface area contributed by atoms with E-state index >= 15 is 0 Å². The van der Waals surface area contributed by atoms with Crippen molar-refractivity contribution in [1.29, 1.82) is 0 Å². The summed E-state index contributed by atoms with van der Waals surface area (Å²) in [5.74, 6) is 1.52. The number of nitrogens with zero attached hydrogens (tertiary/aromatic N) is 2. The fourth-order valence-electron chi connectivity index (χ4n) is 5.67. The molecular weight excluding hydrogens is 407 g/mol. The Labute approximate surface area is 192 Å². The topological polar surface area (TPSA) is 26.4 Å². The highest BCUT2D eigenvalue weighted by Gasteiger charge is 2.56. The number of rotatable bonds is 3. The van der Waals surface area contributed by atoms with Gasteiger partial charge in [-0.2, -0.15) is 0 Å². The van der Waals surface area contributed by atoms with Crippen LogP contribution in [-0.4, -0.2) is 28.9 Å². The van der Waals surface area contributed by atoms with E-state index in [9.17, 15) is 0 Å². The average Bonchev–Trinajstić information content (AvgIpc) is 3.54. The molecule has 0 saturated heterocycles. The second kappa shape index (κ2) is 6.63. The number of aromatic nitrogens is 1. The van der Waals surface area contributed by atoms with Crippen LogP contribution in [-0.2, 0) is 0 Å². The van der Waals surface area contributed by atoms with Gasteiger partial charge in [-0.3, -0.25) is 0 Å². The summed E-state index contributed by atoms with van der Waals surface area (Å²) in [4.78, 5) is 0. The van der Waals surface area contributed by atoms with Crippen LogP contribution in [0, 0.1) is 0 Å². The fraction of sp³-hybridized carbons (Fsp3) is 0.0357. The molecule has 4 nitrogen and oxygen atoms in total. The van der Waals surface area contributed by atoms with Gasteiger partial charge in [0.15, 0.2) is 11.4 Å². The summed E-state index contributed by atoms with van der Waals surface area (Å²) in [7, 11) is 1.70. The fourth-order valence-corrected chi connectivity index (χ4v) is 5.67. The molecule has 1 atom stereocenters. The van der Waals surface area contributed by atoms with Crippen molar-refractivity contribution in [3.05, 3.63) is 120 Å². The van der Waals surface area contributed by atoms with Crippen LogP contribution >= 0.6 is 0 Å². The number of fused-ring (bicyclic) bond motifs is 4. The number of methoxy groups -OCH3 is 1. The molecule has 0 radical (unpaired) electrons. The molecule has 158 valence electrons. The van der Waals surface area contributed by atoms with E-state index in [4.69, 9.17) is 9.39 Å². The molecule has 0 spiro atoms. The Kier molecular flexibility index (Phi) is 3.68. The Morgan fingerprint density at radius 1 is 0.818 bits per heavy atom. The average molecular weight is 428 g/mol. The lowest BCUT2D eigenvalue weighted by Crippen LogP contribution is -2.70. The zero-order valence-corrected chi connectivity index (χ0v) is 18.2. The number of hydrogen-bond acceptors (Lipinski definition) is 2. The molecule has 1 aromatic heterocycles. The van der Waals surface area contributed by atoms with Gasteiger partial charge in [-0.1, -0.05) is 72.2 Å². The molecule has 4 heterocycles. The lowest BCUT2D eigenvalue weighted by molar-refractivity contribution is -0.342. The number of ether oxygens (including phenoxy) is 1. The van der Waals surface area contributed by atoms with Gasteiger partial charge in [0.05, 0.1) is 12.7 Å². The Bertz CT molecular complexity index is 1520. The Morgan fingerprint density at radius 3 is 2.36 bits per heavy atom. The lowest BCUT2D eigenvalue weighted by Gasteiger charge is -2.47. The molecule has 0 unspecified atom stereocenters. The summed E-state index contributed by atoms with van der Waals surface area (Å²) in [6.45, 7) is -1.84. The zero-order valence-electron chi connectivity index (χ0n) is 18.2. The Morgan fingerprint density at radius 2 is 1.58 bits per heavy atom. The molecule has 3 aromatic carbocycles. The van der Waals surface area contributed by atoms with Crippen molar-refractivity contribution in [2.45, 2.75) is 0 Å². The summed E-state index contributed by atoms with van der Waals surface area (Å²) in [5.41, 5.74) is 7.96. The minimum absolute atomic E-state index is 0.741. The predicted octanol–water partition coefficient (Wildman–Crippen LogP) is 4.68. The van der Waals surface area contributed by atoms with Gasteiger partial charge >= 0.3 is 6.62 Å². The summed E-state index contributed by atoms with van der Waals surface area (Å²) in [6.07, 6.45) is 6.43. The Hall–Kier alpha value is -4.25. The van der Waals surface area contributed by atoms with Crippen molar-refractivity contribution in [3.63, 3.8) is 0 Å². The van der Waals surface area contributed by atoms with Gasteiger partial charge in [-0.15, -0.1) is 0 Å². The molecule has 33 heavy (non-hydrogen) atoms. The van der Waals surface area contributed by atoms with Crippen LogP contribution < -0.4 is 14.9 Å². The maximum atomic E-state index is 7.11. The van der Waals surface area contributed by atoms with Crippen LogP contribution in [0.3, 0.4) is 0 Å². The summed E-state index contributed by atoms with van der Waals surface area (Å²) in [5, 5.41) is 0. The van der Waals surface area contributed by atoms with Gasteiger partial charge in [-0.25, -0.2) is 0 Å². The van der Waals surface area contributed by atoms with Crippen LogP contribution in [0.2, 0.25) is 0 Å². The number of benzene rings is 3. The standard InChI is InChI=1S/C28H21BN2O2/c1-32-26-16-8-14-22-23-17-18-25-27(20-10-4-2-5-11-20)24-15-9-19-30(24)29(31(23)25,33-28(22)26)21-12-6-3-7-13-21/h2-19H,1H3/t29-/m0/s1. The molecule has 0 N–H and O–H groups in total. The third-order valence-corrected chi connectivity index (χ3v) is 6.99. The van der Waals surface area contributed by atoms with Gasteiger partial charge in [0.1, 0.15) is 12.0 Å². The summed E-state index contributed by atoms with van der Waals surface area (Å²) < 4.78 is 17.6. The Balaban J connectivity index is 1.63. The quantitative estimate of drug-likeness (QED) is 0.443. The van der Waals surface area contributed by atoms with Crippen LogP contribution in [0.25, 0.3) is 16.8 Å². The largest absolute Gasteiger partial charge is 0.633 e. The van der Waals surface area contributed by atoms with Gasteiger partial charge in [0.25, 0.3) is 0 Å². The molecule has 0 aliphatic carbocycles. The second-order valence-corrected chi connectivity index (χ2v) is 8.58. The third-order valence-electron chi connectivity index (χ3n) is 6.99. The van der Waals surface area contributed by atoms with Crippen molar-refractivity contribution < 1.29 is 13.9 Å². The minimum Gasteiger partial charge on any atom is -0.633 e. The molecule has 3 aliphatic heterocycles. The van der Waals surface area contributed by atoms with E-state index in [-0.39, 0.29) is 0 Å². The van der Waals surface area contributed by atoms with Crippen LogP contribution in [0.1, 0.15) is 11.3 Å². The SMILES string of the molecule is COc1cccc2c1O[B@-]1(c3ccccc3)n3c(ccc3-2)C(c2ccccc2)=C2C=CC=[N+]21. The van der Waals surface area contributed by atoms with E-state index in [1.807, 2.05) is 18.2 Å². The number of allylic oxidation sites excluding steroid dienone is 2. The van der Waals surface area contributed by atoms with Crippen molar-refractivity contribution >= 4 is 23.9 Å². The van der Waals surface area contributed by atoms with Crippen LogP contribution in [0.15, 0.2) is 109 Å². The summed E-state index contributed by atoms with van der Waals surface area (Å²) >= 11 is 0. The maximum absolute atomic E-state index is 7.11. The summed E-state index contributed by atoms with van der Waals surface area (Å²) in [6, 6.07) is 31.7. The highest BCUT2D eigenvalue weighted by atomic mass is 16.5. The smallest absolute Gasteiger partial charge is 0.597 e. The normalized spacial score (nSPS) is 19.4. The molecule has 0 fully saturated rings. The molecule has 0 saturated carbocycles. The minimum atomic E-state index is -1.84. The van der Waals surface area contributed by atoms with Crippen LogP contribution in [0.5, 0.6) is 11.5 Å². The van der Waals surface area contributed by atoms with Gasteiger partial charge in [-0.05, 0) is 29.8 Å². The van der Waals surface area contributed by atoms with E-state index < -0.39 is 6.62 Å². The molecule has 7 rings (SSSR count). The highest BCUT2D eigenvalue weighted by molar-refractivity contribution is 6.80. The van der Waals surface area contributed by atoms with E-state index in [0.29, 0.717) is 0 Å². The number of hydrogen-bond donors (Lipinski definition) is 0. The van der Waals surface area contributed by atoms with Crippen molar-refractivity contribution in [2.75, 3.05) is 7.11 Å². The lowest BCUT2D eigenvalue weighted by atomic mass is 9.54. The molecule has 0 bridgehead atoms. The molecular formula is C28H21BN2O2. The molecule has 0 amide bonds. The molecule has 5 heteroatoms. The highest BCUT2D eigenvalue weighted by Crippen LogP contribution is 2.49. The molecule has 4 aromatic rings.